The largest absolute Gasteiger partial charge is 0.490 e. The number of ether oxygens (including phenoxy) is 1. The van der Waals surface area contributed by atoms with Crippen molar-refractivity contribution >= 4 is 17.2 Å². The Hall–Kier alpha value is -1.99. The zero-order valence-electron chi connectivity index (χ0n) is 9.93. The number of thiazole rings is 1. The van der Waals surface area contributed by atoms with Crippen molar-refractivity contribution in [3.63, 3.8) is 0 Å². The number of nitrogens with one attached hydrogen (secondary N) is 1. The molecule has 2 rings (SSSR count). The van der Waals surface area contributed by atoms with E-state index in [4.69, 9.17) is 10.6 Å². The first kappa shape index (κ1) is 13.4. The third-order valence-electron chi connectivity index (χ3n) is 2.33. The molecule has 5 nitrogen and oxygen atoms in total. The second-order valence-corrected chi connectivity index (χ2v) is 4.57. The van der Waals surface area contributed by atoms with E-state index in [-0.39, 0.29) is 18.1 Å². The summed E-state index contributed by atoms with van der Waals surface area (Å²) in [7, 11) is 0. The molecular formula is C12H12FN3O2S. The molecule has 0 aliphatic carbocycles. The molecule has 0 saturated heterocycles. The van der Waals surface area contributed by atoms with E-state index in [9.17, 15) is 9.18 Å². The predicted molar refractivity (Wildman–Crippen MR) is 69.4 cm³/mol. The van der Waals surface area contributed by atoms with Gasteiger partial charge in [-0.1, -0.05) is 12.1 Å². The quantitative estimate of drug-likeness (QED) is 0.495. The number of hydrogen-bond acceptors (Lipinski definition) is 5. The number of hydrogen-bond donors (Lipinski definition) is 2. The van der Waals surface area contributed by atoms with Crippen molar-refractivity contribution in [3.05, 3.63) is 46.2 Å². The topological polar surface area (TPSA) is 77.2 Å². The van der Waals surface area contributed by atoms with Gasteiger partial charge in [-0.2, -0.15) is 0 Å². The van der Waals surface area contributed by atoms with Gasteiger partial charge in [0.05, 0.1) is 11.6 Å². The summed E-state index contributed by atoms with van der Waals surface area (Å²) in [6, 6.07) is 6.19. The van der Waals surface area contributed by atoms with Gasteiger partial charge in [-0.3, -0.25) is 10.2 Å². The molecule has 1 amide bonds. The molecule has 3 N–H and O–H groups in total. The van der Waals surface area contributed by atoms with Gasteiger partial charge in [-0.15, -0.1) is 11.3 Å². The minimum atomic E-state index is -0.433. The Morgan fingerprint density at radius 2 is 2.26 bits per heavy atom. The maximum atomic E-state index is 13.3. The van der Waals surface area contributed by atoms with E-state index in [1.165, 1.54) is 17.4 Å². The van der Waals surface area contributed by atoms with E-state index in [1.807, 2.05) is 5.43 Å². The lowest BCUT2D eigenvalue weighted by atomic mass is 10.3. The van der Waals surface area contributed by atoms with Gasteiger partial charge in [0.1, 0.15) is 5.69 Å². The summed E-state index contributed by atoms with van der Waals surface area (Å²) >= 11 is 1.33. The van der Waals surface area contributed by atoms with Crippen molar-refractivity contribution in [3.8, 4) is 5.75 Å². The Labute approximate surface area is 113 Å². The molecule has 100 valence electrons. The number of para-hydroxylation sites is 1. The first-order chi connectivity index (χ1) is 9.20. The van der Waals surface area contributed by atoms with Crippen molar-refractivity contribution in [2.75, 3.05) is 6.61 Å². The number of nitrogen functional groups attached to an aromatic ring is 1. The van der Waals surface area contributed by atoms with Gasteiger partial charge in [-0.25, -0.2) is 15.2 Å². The van der Waals surface area contributed by atoms with E-state index < -0.39 is 11.7 Å². The summed E-state index contributed by atoms with van der Waals surface area (Å²) in [5.41, 5.74) is 2.28. The van der Waals surface area contributed by atoms with Crippen LogP contribution in [-0.2, 0) is 6.42 Å². The number of halogens is 1. The molecule has 0 bridgehead atoms. The fraction of sp³-hybridized carbons (Fsp3) is 0.167. The normalized spacial score (nSPS) is 10.2. The number of hydrazine groups is 1. The summed E-state index contributed by atoms with van der Waals surface area (Å²) in [4.78, 5) is 15.3. The second-order valence-electron chi connectivity index (χ2n) is 3.63. The van der Waals surface area contributed by atoms with Crippen LogP contribution in [0.2, 0.25) is 0 Å². The van der Waals surface area contributed by atoms with Crippen molar-refractivity contribution in [1.82, 2.24) is 10.4 Å². The van der Waals surface area contributed by atoms with E-state index in [0.717, 1.165) is 5.01 Å². The molecule has 1 aromatic carbocycles. The van der Waals surface area contributed by atoms with Gasteiger partial charge in [-0.05, 0) is 12.1 Å². The second kappa shape index (κ2) is 6.26. The molecule has 1 aromatic heterocycles. The van der Waals surface area contributed by atoms with Crippen LogP contribution in [0.15, 0.2) is 29.6 Å². The average molecular weight is 281 g/mol. The molecule has 19 heavy (non-hydrogen) atoms. The van der Waals surface area contributed by atoms with E-state index in [2.05, 4.69) is 4.98 Å². The number of carbonyl (C=O) groups is 1. The molecule has 0 saturated carbocycles. The summed E-state index contributed by atoms with van der Waals surface area (Å²) in [5, 5.41) is 2.34. The smallest absolute Gasteiger partial charge is 0.284 e. The van der Waals surface area contributed by atoms with Crippen LogP contribution < -0.4 is 16.0 Å². The number of rotatable bonds is 5. The summed E-state index contributed by atoms with van der Waals surface area (Å²) < 4.78 is 18.6. The highest BCUT2D eigenvalue weighted by Crippen LogP contribution is 2.16. The number of aromatic nitrogens is 1. The zero-order chi connectivity index (χ0) is 13.7. The molecule has 0 aliphatic rings. The molecule has 0 atom stereocenters. The van der Waals surface area contributed by atoms with Crippen LogP contribution in [0.5, 0.6) is 5.75 Å². The van der Waals surface area contributed by atoms with Crippen LogP contribution in [0, 0.1) is 5.82 Å². The first-order valence-electron chi connectivity index (χ1n) is 5.53. The van der Waals surface area contributed by atoms with Gasteiger partial charge in [0.2, 0.25) is 0 Å². The molecule has 2 aromatic rings. The zero-order valence-corrected chi connectivity index (χ0v) is 10.7. The number of nitrogens with zero attached hydrogens (tertiary/aromatic N) is 1. The molecule has 0 fully saturated rings. The lowest BCUT2D eigenvalue weighted by molar-refractivity contribution is 0.0949. The highest BCUT2D eigenvalue weighted by molar-refractivity contribution is 7.09. The lowest BCUT2D eigenvalue weighted by Gasteiger charge is -2.05. The molecule has 7 heteroatoms. The minimum absolute atomic E-state index is 0.207. The highest BCUT2D eigenvalue weighted by atomic mass is 32.1. The van der Waals surface area contributed by atoms with E-state index >= 15 is 0 Å². The van der Waals surface area contributed by atoms with Crippen molar-refractivity contribution in [2.24, 2.45) is 5.84 Å². The Morgan fingerprint density at radius 3 is 3.00 bits per heavy atom. The van der Waals surface area contributed by atoms with Crippen LogP contribution in [0.25, 0.3) is 0 Å². The summed E-state index contributed by atoms with van der Waals surface area (Å²) in [5.74, 6) is 4.38. The number of benzene rings is 1. The molecule has 0 unspecified atom stereocenters. The lowest BCUT2D eigenvalue weighted by Crippen LogP contribution is -2.30. The van der Waals surface area contributed by atoms with Crippen molar-refractivity contribution in [2.45, 2.75) is 6.42 Å². The Morgan fingerprint density at radius 1 is 1.47 bits per heavy atom. The van der Waals surface area contributed by atoms with E-state index in [0.29, 0.717) is 6.42 Å². The first-order valence-corrected chi connectivity index (χ1v) is 6.41. The third-order valence-corrected chi connectivity index (χ3v) is 3.23. The summed E-state index contributed by atoms with van der Waals surface area (Å²) in [6.45, 7) is 0.290. The van der Waals surface area contributed by atoms with Crippen LogP contribution >= 0.6 is 11.3 Å². The van der Waals surface area contributed by atoms with Gasteiger partial charge in [0.15, 0.2) is 11.6 Å². The maximum Gasteiger partial charge on any atom is 0.284 e. The SMILES string of the molecule is NNC(=O)c1csc(CCOc2ccccc2F)n1. The molecule has 0 aliphatic heterocycles. The summed E-state index contributed by atoms with van der Waals surface area (Å²) in [6.07, 6.45) is 0.497. The van der Waals surface area contributed by atoms with E-state index in [1.54, 1.807) is 23.6 Å². The fourth-order valence-corrected chi connectivity index (χ4v) is 2.17. The van der Waals surface area contributed by atoms with Crippen molar-refractivity contribution < 1.29 is 13.9 Å². The number of amides is 1. The standard InChI is InChI=1S/C12H12FN3O2S/c13-8-3-1-2-4-10(8)18-6-5-11-15-9(7-19-11)12(17)16-14/h1-4,7H,5-6,14H2,(H,16,17). The molecule has 0 spiro atoms. The van der Waals surface area contributed by atoms with Crippen LogP contribution in [-0.4, -0.2) is 17.5 Å². The maximum absolute atomic E-state index is 13.3. The van der Waals surface area contributed by atoms with Crippen LogP contribution in [0.1, 0.15) is 15.5 Å². The van der Waals surface area contributed by atoms with Gasteiger partial charge in [0, 0.05) is 11.8 Å². The number of nitrogens with two attached hydrogens (primary N) is 1. The molecule has 1 heterocycles. The van der Waals surface area contributed by atoms with Crippen LogP contribution in [0.3, 0.4) is 0 Å². The van der Waals surface area contributed by atoms with Crippen LogP contribution in [0.4, 0.5) is 4.39 Å². The van der Waals surface area contributed by atoms with Gasteiger partial charge in [0.25, 0.3) is 5.91 Å². The molecular weight excluding hydrogens is 269 g/mol. The Balaban J connectivity index is 1.88. The van der Waals surface area contributed by atoms with Gasteiger partial charge >= 0.3 is 0 Å². The minimum Gasteiger partial charge on any atom is -0.490 e. The average Bonchev–Trinajstić information content (AvgIpc) is 2.89. The third kappa shape index (κ3) is 3.49. The Bertz CT molecular complexity index is 574. The van der Waals surface area contributed by atoms with Gasteiger partial charge < -0.3 is 4.74 Å². The highest BCUT2D eigenvalue weighted by Gasteiger charge is 2.09. The Kier molecular flexibility index (Phi) is 4.43. The number of carbonyl (C=O) groups excluding carboxylic acids is 1. The predicted octanol–water partition coefficient (Wildman–Crippen LogP) is 1.51. The monoisotopic (exact) mass is 281 g/mol. The molecule has 0 radical (unpaired) electrons. The fourth-order valence-electron chi connectivity index (χ4n) is 1.41. The van der Waals surface area contributed by atoms with Crippen molar-refractivity contribution in [1.29, 1.82) is 0 Å².